The molecule has 102 heavy (non-hydrogen) atoms. The molecule has 3 atom stereocenters. The van der Waals surface area contributed by atoms with E-state index in [-0.39, 0.29) is 97.1 Å². The maximum atomic E-state index is 14.8. The molecule has 10 rings (SSSR count). The highest BCUT2D eigenvalue weighted by Gasteiger charge is 2.31. The highest BCUT2D eigenvalue weighted by Crippen LogP contribution is 2.41. The number of carboxylic acid groups (broad SMARTS) is 2. The van der Waals surface area contributed by atoms with Crippen molar-refractivity contribution in [2.75, 3.05) is 80.9 Å². The molecule has 0 bridgehead atoms. The van der Waals surface area contributed by atoms with Crippen LogP contribution < -0.4 is 60.6 Å². The third-order valence-corrected chi connectivity index (χ3v) is 21.6. The number of methoxy groups -OCH3 is 4. The Morgan fingerprint density at radius 1 is 0.431 bits per heavy atom. The summed E-state index contributed by atoms with van der Waals surface area (Å²) in [7, 11) is -7.51. The number of carboxylic acids is 2. The van der Waals surface area contributed by atoms with Crippen LogP contribution in [0.15, 0.2) is 181 Å². The lowest BCUT2D eigenvalue weighted by atomic mass is 10.1. The van der Waals surface area contributed by atoms with Gasteiger partial charge in [-0.15, -0.1) is 0 Å². The van der Waals surface area contributed by atoms with E-state index in [1.807, 2.05) is 0 Å². The van der Waals surface area contributed by atoms with Crippen LogP contribution in [0.3, 0.4) is 0 Å². The van der Waals surface area contributed by atoms with Crippen molar-refractivity contribution in [1.82, 2.24) is 29.7 Å². The van der Waals surface area contributed by atoms with Crippen LogP contribution in [0.5, 0.6) is 34.5 Å². The molecule has 0 spiro atoms. The molecule has 23 nitrogen and oxygen atoms in total. The number of aliphatic carboxylic acids is 2. The normalized spacial score (nSPS) is 14.3. The Morgan fingerprint density at radius 2 is 0.745 bits per heavy atom. The lowest BCUT2D eigenvalue weighted by Gasteiger charge is -2.26. The molecular weight excluding hydrogens is 1380 g/mol. The number of thiocarbonyl (C=S) groups is 1. The van der Waals surface area contributed by atoms with E-state index >= 15 is 0 Å². The Hall–Kier alpha value is -10.6. The molecule has 1 saturated heterocycles. The van der Waals surface area contributed by atoms with Gasteiger partial charge in [0.25, 0.3) is 22.1 Å². The van der Waals surface area contributed by atoms with Gasteiger partial charge in [0.2, 0.25) is 0 Å². The van der Waals surface area contributed by atoms with Gasteiger partial charge in [0.15, 0.2) is 13.2 Å². The molecule has 520 valence electrons. The van der Waals surface area contributed by atoms with Gasteiger partial charge in [-0.2, -0.15) is 4.99 Å². The van der Waals surface area contributed by atoms with Crippen LogP contribution in [-0.2, 0) is 42.9 Å². The van der Waals surface area contributed by atoms with Crippen molar-refractivity contribution in [3.63, 3.8) is 0 Å². The fourth-order valence-corrected chi connectivity index (χ4v) is 15.2. The molecule has 5 N–H and O–H groups in total. The molecule has 3 aromatic heterocycles. The van der Waals surface area contributed by atoms with Gasteiger partial charge < -0.3 is 53.3 Å². The first-order valence-corrected chi connectivity index (χ1v) is 36.9. The summed E-state index contributed by atoms with van der Waals surface area (Å²) in [6, 6.07) is 47.0. The number of rotatable bonds is 23. The third kappa shape index (κ3) is 19.3. The summed E-state index contributed by atoms with van der Waals surface area (Å²) in [5.74, 6) is 17.3. The first-order valence-electron chi connectivity index (χ1n) is 31.5. The highest BCUT2D eigenvalue weighted by atomic mass is 32.1. The van der Waals surface area contributed by atoms with Gasteiger partial charge in [-0.05, 0) is 109 Å². The number of aromatic nitrogens is 3. The van der Waals surface area contributed by atoms with Crippen LogP contribution in [0, 0.1) is 35.5 Å². The number of ether oxygens (including phenoxy) is 6. The van der Waals surface area contributed by atoms with E-state index < -0.39 is 47.3 Å². The molecule has 0 saturated carbocycles. The fraction of sp³-hybridized carbons (Fsp3) is 0.200. The smallest absolute Gasteiger partial charge is 0.341 e. The van der Waals surface area contributed by atoms with E-state index in [9.17, 15) is 48.2 Å². The summed E-state index contributed by atoms with van der Waals surface area (Å²) in [5, 5.41) is 21.9. The van der Waals surface area contributed by atoms with E-state index in [4.69, 9.17) is 55.6 Å². The van der Waals surface area contributed by atoms with E-state index in [1.165, 1.54) is 83.0 Å². The average Bonchev–Trinajstić information content (AvgIpc) is 0.824. The van der Waals surface area contributed by atoms with Crippen molar-refractivity contribution < 1.29 is 76.6 Å². The van der Waals surface area contributed by atoms with Crippen molar-refractivity contribution in [2.24, 2.45) is 4.99 Å². The van der Waals surface area contributed by atoms with Crippen molar-refractivity contribution in [2.45, 2.75) is 19.6 Å². The lowest BCUT2D eigenvalue weighted by Crippen LogP contribution is -2.36. The van der Waals surface area contributed by atoms with Crippen molar-refractivity contribution >= 4 is 89.3 Å². The number of carbonyl (C=O) groups is 2. The molecule has 1 aliphatic heterocycles. The minimum absolute atomic E-state index is 0.0480. The quantitative estimate of drug-likeness (QED) is 0.0182. The van der Waals surface area contributed by atoms with Crippen LogP contribution in [0.2, 0.25) is 0 Å². The molecule has 0 amide bonds. The third-order valence-electron chi connectivity index (χ3n) is 15.9. The van der Waals surface area contributed by atoms with Crippen LogP contribution in [0.25, 0.3) is 0 Å². The molecule has 3 unspecified atom stereocenters. The lowest BCUT2D eigenvalue weighted by molar-refractivity contribution is -0.140. The summed E-state index contributed by atoms with van der Waals surface area (Å²) in [6.45, 7) is 1.00. The molecule has 0 aliphatic carbocycles. The predicted octanol–water partition coefficient (Wildman–Crippen LogP) is 7.25. The van der Waals surface area contributed by atoms with Crippen molar-refractivity contribution in [3.05, 3.63) is 226 Å². The Morgan fingerprint density at radius 3 is 1.05 bits per heavy atom. The van der Waals surface area contributed by atoms with Crippen LogP contribution >= 0.6 is 34.3 Å². The van der Waals surface area contributed by atoms with E-state index in [0.29, 0.717) is 84.7 Å². The van der Waals surface area contributed by atoms with Gasteiger partial charge in [-0.1, -0.05) is 90.1 Å². The highest BCUT2D eigenvalue weighted by molar-refractivity contribution is 7.78. The van der Waals surface area contributed by atoms with Gasteiger partial charge >= 0.3 is 11.9 Å². The second-order valence-electron chi connectivity index (χ2n) is 22.9. The van der Waals surface area contributed by atoms with E-state index in [1.54, 1.807) is 121 Å². The number of pyridine rings is 3. The number of nitrogens with zero attached hydrogens (tertiary/aromatic N) is 7. The van der Waals surface area contributed by atoms with Crippen LogP contribution in [0.1, 0.15) is 50.5 Å². The first kappa shape index (κ1) is 74.1. The Kier molecular flexibility index (Phi) is 24.9. The zero-order chi connectivity index (χ0) is 72.4. The molecule has 9 aromatic rings. The standard InChI is InChI=1S/C75H68N7O16P3S/c1-93-60-42-67(95-3)65(69(44-60)97-49-74(83)84)28-24-54-37-58(78-72(40-54)100(89,90)63-16-10-6-11-17-63)47-81-32-30-80(46-57-36-53(21-20-52-22-26-56(27-23-52)76-51-102)39-71(77-57)99(87,88)62-14-8-5-9-15-62)31-33-82(35-34-81)48-59-38-55(41-73(79-59)101(91,92)64-18-12-7-13-19-64)25-29-66-68(96-4)43-61(94-2)45-70(66)98-50-75(85)86/h5-19,22-23,26-27,36-45H,30-35,46-50H2,1-4H3,(H,83,84)(H,85,86)(H,87,88)(H,89,90)(H,91,92). The van der Waals surface area contributed by atoms with E-state index in [2.05, 4.69) is 60.4 Å². The average molecular weight is 1450 g/mol. The van der Waals surface area contributed by atoms with E-state index in [0.717, 1.165) is 0 Å². The number of aliphatic imine (C=N–C) groups is 1. The topological polar surface area (TPSA) is 303 Å². The first-order chi connectivity index (χ1) is 49.1. The molecular formula is C75H68N7O16P3S. The van der Waals surface area contributed by atoms with Gasteiger partial charge in [-0.3, -0.25) is 28.4 Å². The number of benzene rings is 6. The van der Waals surface area contributed by atoms with Crippen molar-refractivity contribution in [1.29, 1.82) is 0 Å². The van der Waals surface area contributed by atoms with Gasteiger partial charge in [0.05, 0.1) is 56.4 Å². The van der Waals surface area contributed by atoms with Gasteiger partial charge in [0, 0.05) is 121 Å². The van der Waals surface area contributed by atoms with Crippen LogP contribution in [0.4, 0.5) is 5.69 Å². The maximum absolute atomic E-state index is 14.8. The second-order valence-corrected chi connectivity index (χ2v) is 29.5. The minimum Gasteiger partial charge on any atom is -0.496 e. The zero-order valence-corrected chi connectivity index (χ0v) is 59.1. The molecule has 27 heteroatoms. The Bertz CT molecular complexity index is 4760. The summed E-state index contributed by atoms with van der Waals surface area (Å²) in [4.78, 5) is 84.6. The summed E-state index contributed by atoms with van der Waals surface area (Å²) < 4.78 is 77.7. The maximum Gasteiger partial charge on any atom is 0.341 e. The predicted molar refractivity (Wildman–Crippen MR) is 390 cm³/mol. The Balaban J connectivity index is 1.08. The molecule has 4 heterocycles. The van der Waals surface area contributed by atoms with Gasteiger partial charge in [-0.25, -0.2) is 24.5 Å². The van der Waals surface area contributed by atoms with Gasteiger partial charge in [0.1, 0.15) is 61.9 Å². The SMILES string of the molecule is COc1cc(OC)c(C#Cc2cc(CN3CCN(Cc4cc(C#Cc5ccc(N=C=S)cc5)cc(P(=O)(O)c5ccccc5)n4)CCN(Cc4cc(C#Cc5c(OC)cc(OC)cc5OCC(=O)O)cc(P(=O)(O)c5ccccc5)n4)CC3)nc(P(=O)(O)c3ccccc3)c2)c(OCC(=O)O)c1. The number of hydrogen-bond acceptors (Lipinski definition) is 19. The number of hydrogen-bond donors (Lipinski definition) is 5. The fourth-order valence-electron chi connectivity index (χ4n) is 10.8. The number of isothiocyanates is 1. The summed E-state index contributed by atoms with van der Waals surface area (Å²) in [6.07, 6.45) is 0. The Labute approximate surface area is 594 Å². The van der Waals surface area contributed by atoms with Crippen molar-refractivity contribution in [3.8, 4) is 70.0 Å². The minimum atomic E-state index is -4.43. The summed E-state index contributed by atoms with van der Waals surface area (Å²) in [5.41, 5.74) is 3.25. The van der Waals surface area contributed by atoms with Crippen LogP contribution in [-0.4, -0.2) is 153 Å². The second kappa shape index (κ2) is 34.2. The summed E-state index contributed by atoms with van der Waals surface area (Å²) >= 11 is 4.79. The molecule has 1 fully saturated rings. The molecule has 1 aliphatic rings. The zero-order valence-electron chi connectivity index (χ0n) is 55.6. The molecule has 6 aromatic carbocycles. The molecule has 0 radical (unpaired) electrons. The largest absolute Gasteiger partial charge is 0.496 e. The monoisotopic (exact) mass is 1450 g/mol.